The summed E-state index contributed by atoms with van der Waals surface area (Å²) in [5, 5.41) is 14.5. The van der Waals surface area contributed by atoms with E-state index in [1.807, 2.05) is 48.5 Å². The van der Waals surface area contributed by atoms with Crippen LogP contribution in [0.15, 0.2) is 108 Å². The molecule has 0 spiro atoms. The van der Waals surface area contributed by atoms with Crippen molar-refractivity contribution in [1.29, 1.82) is 0 Å². The van der Waals surface area contributed by atoms with E-state index in [-0.39, 0.29) is 12.6 Å². The average molecular weight is 516 g/mol. The van der Waals surface area contributed by atoms with E-state index < -0.39 is 0 Å². The molecule has 1 unspecified atom stereocenters. The molecule has 3 aromatic carbocycles. The summed E-state index contributed by atoms with van der Waals surface area (Å²) in [4.78, 5) is 9.15. The van der Waals surface area contributed by atoms with Gasteiger partial charge in [-0.1, -0.05) is 97.9 Å². The molecular weight excluding hydrogens is 482 g/mol. The molecule has 0 radical (unpaired) electrons. The summed E-state index contributed by atoms with van der Waals surface area (Å²) in [7, 11) is 0. The second kappa shape index (κ2) is 10.9. The number of furan rings is 1. The van der Waals surface area contributed by atoms with Crippen LogP contribution in [-0.4, -0.2) is 21.7 Å². The monoisotopic (exact) mass is 515 g/mol. The van der Waals surface area contributed by atoms with E-state index in [1.165, 1.54) is 24.7 Å². The van der Waals surface area contributed by atoms with Crippen LogP contribution in [0.5, 0.6) is 0 Å². The fourth-order valence-electron chi connectivity index (χ4n) is 5.68. The van der Waals surface area contributed by atoms with Gasteiger partial charge in [0.1, 0.15) is 17.9 Å². The van der Waals surface area contributed by atoms with Crippen LogP contribution in [0.2, 0.25) is 0 Å². The van der Waals surface area contributed by atoms with Gasteiger partial charge in [0.15, 0.2) is 0 Å². The fourth-order valence-corrected chi connectivity index (χ4v) is 5.68. The lowest BCUT2D eigenvalue weighted by Crippen LogP contribution is -2.16. The number of aromatic nitrogens is 2. The van der Waals surface area contributed by atoms with Crippen LogP contribution in [0.1, 0.15) is 42.9 Å². The van der Waals surface area contributed by atoms with Crippen molar-refractivity contribution in [3.8, 4) is 22.5 Å². The highest BCUT2D eigenvalue weighted by atomic mass is 16.3. The summed E-state index contributed by atoms with van der Waals surface area (Å²) in [6, 6.07) is 28.4. The summed E-state index contributed by atoms with van der Waals surface area (Å²) in [5.74, 6) is 2.94. The molecule has 5 nitrogen and oxygen atoms in total. The van der Waals surface area contributed by atoms with E-state index in [9.17, 15) is 5.11 Å². The zero-order valence-electron chi connectivity index (χ0n) is 22.1. The third kappa shape index (κ3) is 4.98. The van der Waals surface area contributed by atoms with Crippen molar-refractivity contribution in [3.63, 3.8) is 0 Å². The molecule has 5 aromatic rings. The Balaban J connectivity index is 1.51. The molecule has 1 saturated carbocycles. The van der Waals surface area contributed by atoms with Crippen LogP contribution >= 0.6 is 0 Å². The lowest BCUT2D eigenvalue weighted by molar-refractivity contribution is 0.276. The SMILES string of the molecule is C=CC(C1CC1)[C@H](C)c1cccc(-c2c(-c3ccccc3)oc3ncnc(N[C@H](CO)c4ccccc4)c23)c1. The van der Waals surface area contributed by atoms with Crippen molar-refractivity contribution in [3.05, 3.63) is 115 Å². The summed E-state index contributed by atoms with van der Waals surface area (Å²) in [5.41, 5.74) is 5.73. The molecule has 1 aliphatic rings. The van der Waals surface area contributed by atoms with Crippen molar-refractivity contribution < 1.29 is 9.52 Å². The van der Waals surface area contributed by atoms with Gasteiger partial charge in [-0.2, -0.15) is 0 Å². The topological polar surface area (TPSA) is 71.2 Å². The number of aliphatic hydroxyl groups excluding tert-OH is 1. The second-order valence-electron chi connectivity index (χ2n) is 10.4. The minimum absolute atomic E-state index is 0.0780. The average Bonchev–Trinajstić information content (AvgIpc) is 3.75. The number of allylic oxidation sites excluding steroid dienone is 1. The van der Waals surface area contributed by atoms with Gasteiger partial charge in [0.05, 0.1) is 18.0 Å². The lowest BCUT2D eigenvalue weighted by Gasteiger charge is -2.21. The zero-order chi connectivity index (χ0) is 26.8. The Morgan fingerprint density at radius 2 is 1.64 bits per heavy atom. The van der Waals surface area contributed by atoms with Gasteiger partial charge in [0.2, 0.25) is 5.71 Å². The molecule has 1 fully saturated rings. The smallest absolute Gasteiger partial charge is 0.232 e. The highest BCUT2D eigenvalue weighted by Gasteiger charge is 2.33. The number of hydrogen-bond acceptors (Lipinski definition) is 5. The number of anilines is 1. The van der Waals surface area contributed by atoms with Crippen LogP contribution in [-0.2, 0) is 0 Å². The van der Waals surface area contributed by atoms with Crippen molar-refractivity contribution in [2.24, 2.45) is 11.8 Å². The van der Waals surface area contributed by atoms with Gasteiger partial charge in [0.25, 0.3) is 0 Å². The number of nitrogens with zero attached hydrogens (tertiary/aromatic N) is 2. The first kappa shape index (κ1) is 25.1. The molecule has 5 heteroatoms. The fraction of sp³-hybridized carbons (Fsp3) is 0.235. The number of rotatable bonds is 10. The van der Waals surface area contributed by atoms with E-state index in [2.05, 4.69) is 71.3 Å². The minimum Gasteiger partial charge on any atom is -0.437 e. The molecule has 0 saturated heterocycles. The molecular formula is C34H33N3O2. The Morgan fingerprint density at radius 1 is 0.949 bits per heavy atom. The summed E-state index contributed by atoms with van der Waals surface area (Å²) < 4.78 is 6.45. The van der Waals surface area contributed by atoms with Gasteiger partial charge in [-0.05, 0) is 47.3 Å². The molecule has 3 atom stereocenters. The van der Waals surface area contributed by atoms with Crippen molar-refractivity contribution in [1.82, 2.24) is 9.97 Å². The third-order valence-corrected chi connectivity index (χ3v) is 7.94. The first-order valence-corrected chi connectivity index (χ1v) is 13.7. The Labute approximate surface area is 229 Å². The summed E-state index contributed by atoms with van der Waals surface area (Å²) in [6.45, 7) is 6.37. The molecule has 2 N–H and O–H groups in total. The highest BCUT2D eigenvalue weighted by Crippen LogP contribution is 2.47. The predicted octanol–water partition coefficient (Wildman–Crippen LogP) is 8.02. The summed E-state index contributed by atoms with van der Waals surface area (Å²) >= 11 is 0. The standard InChI is InChI=1S/C34H33N3O2/c1-3-28(23-17-18-23)22(2)26-15-10-16-27(19-26)30-31-33(37-29(20-38)24-11-6-4-7-12-24)35-21-36-34(31)39-32(30)25-13-8-5-9-14-25/h3-16,19,21-23,28-29,38H,1,17-18,20H2,2H3,(H,35,36,37)/t22-,28?,29-/m1/s1. The molecule has 0 amide bonds. The van der Waals surface area contributed by atoms with E-state index >= 15 is 0 Å². The Hall–Kier alpha value is -4.22. The molecule has 2 heterocycles. The molecule has 0 aliphatic heterocycles. The zero-order valence-corrected chi connectivity index (χ0v) is 22.1. The summed E-state index contributed by atoms with van der Waals surface area (Å²) in [6.07, 6.45) is 6.21. The van der Waals surface area contributed by atoms with Gasteiger partial charge in [-0.3, -0.25) is 0 Å². The maximum atomic E-state index is 10.3. The molecule has 2 aromatic heterocycles. The Morgan fingerprint density at radius 3 is 2.33 bits per heavy atom. The van der Waals surface area contributed by atoms with Crippen LogP contribution < -0.4 is 5.32 Å². The second-order valence-corrected chi connectivity index (χ2v) is 10.4. The molecule has 196 valence electrons. The maximum Gasteiger partial charge on any atom is 0.232 e. The van der Waals surface area contributed by atoms with E-state index in [0.29, 0.717) is 23.4 Å². The molecule has 39 heavy (non-hydrogen) atoms. The first-order chi connectivity index (χ1) is 19.2. The van der Waals surface area contributed by atoms with Gasteiger partial charge < -0.3 is 14.8 Å². The van der Waals surface area contributed by atoms with Crippen LogP contribution in [0.4, 0.5) is 5.82 Å². The number of hydrogen-bond donors (Lipinski definition) is 2. The number of fused-ring (bicyclic) bond motifs is 1. The largest absolute Gasteiger partial charge is 0.437 e. The Kier molecular flexibility index (Phi) is 6.99. The number of aliphatic hydroxyl groups is 1. The van der Waals surface area contributed by atoms with E-state index in [0.717, 1.165) is 39.3 Å². The number of nitrogens with one attached hydrogen (secondary N) is 1. The quantitative estimate of drug-likeness (QED) is 0.184. The molecule has 1 aliphatic carbocycles. The predicted molar refractivity (Wildman–Crippen MR) is 157 cm³/mol. The van der Waals surface area contributed by atoms with Gasteiger partial charge >= 0.3 is 0 Å². The lowest BCUT2D eigenvalue weighted by atomic mass is 9.83. The maximum absolute atomic E-state index is 10.3. The van der Waals surface area contributed by atoms with Crippen molar-refractivity contribution >= 4 is 16.9 Å². The minimum atomic E-state index is -0.328. The third-order valence-electron chi connectivity index (χ3n) is 7.94. The molecule has 6 rings (SSSR count). The van der Waals surface area contributed by atoms with E-state index in [4.69, 9.17) is 4.42 Å². The van der Waals surface area contributed by atoms with Crippen LogP contribution in [0.25, 0.3) is 33.6 Å². The van der Waals surface area contributed by atoms with Gasteiger partial charge in [-0.15, -0.1) is 6.58 Å². The van der Waals surface area contributed by atoms with E-state index in [1.54, 1.807) is 0 Å². The Bertz CT molecular complexity index is 1570. The van der Waals surface area contributed by atoms with Gasteiger partial charge in [0, 0.05) is 11.1 Å². The normalized spacial score (nSPS) is 15.5. The first-order valence-electron chi connectivity index (χ1n) is 13.7. The van der Waals surface area contributed by atoms with Crippen molar-refractivity contribution in [2.75, 3.05) is 11.9 Å². The van der Waals surface area contributed by atoms with Crippen LogP contribution in [0.3, 0.4) is 0 Å². The number of benzene rings is 3. The van der Waals surface area contributed by atoms with Gasteiger partial charge in [-0.25, -0.2) is 9.97 Å². The molecule has 0 bridgehead atoms. The van der Waals surface area contributed by atoms with Crippen LogP contribution in [0, 0.1) is 11.8 Å². The highest BCUT2D eigenvalue weighted by molar-refractivity contribution is 6.06. The van der Waals surface area contributed by atoms with Crippen molar-refractivity contribution in [2.45, 2.75) is 31.7 Å².